The molecule has 1 amide bonds. The number of hydrogen-bond acceptors (Lipinski definition) is 6. The van der Waals surface area contributed by atoms with Crippen LogP contribution >= 0.6 is 0 Å². The van der Waals surface area contributed by atoms with Crippen LogP contribution in [0.3, 0.4) is 0 Å². The molecular weight excluding hydrogens is 675 g/mol. The Kier molecular flexibility index (Phi) is 34.0. The van der Waals surface area contributed by atoms with Gasteiger partial charge in [-0.2, -0.15) is 0 Å². The minimum atomic E-state index is -1.34. The zero-order valence-electron chi connectivity index (χ0n) is 31.2. The van der Waals surface area contributed by atoms with Gasteiger partial charge in [-0.1, -0.05) is 89.9 Å². The van der Waals surface area contributed by atoms with E-state index in [-0.39, 0.29) is 47.5 Å². The number of rotatable bonds is 21. The molecule has 0 radical (unpaired) electrons. The van der Waals surface area contributed by atoms with Crippen LogP contribution in [0.1, 0.15) is 132 Å². The molecule has 1 unspecified atom stereocenters. The molecular formula is C47H95NO6. The third-order valence-electron chi connectivity index (χ3n) is 6.91. The average Bonchev–Trinajstić information content (AvgIpc) is 3.17. The molecule has 0 spiro atoms. The van der Waals surface area contributed by atoms with E-state index in [9.17, 15) is 20.1 Å². The minimum Gasteiger partial charge on any atom is -0.394 e. The van der Waals surface area contributed by atoms with Crippen molar-refractivity contribution < 1.29 is 64.2 Å². The Bertz CT molecular complexity index is 1990. The summed E-state index contributed by atoms with van der Waals surface area (Å²) in [5, 5.41) is 42.5. The molecule has 0 aliphatic heterocycles. The van der Waals surface area contributed by atoms with Gasteiger partial charge in [-0.25, -0.2) is 0 Å². The maximum atomic E-state index is 12.4. The highest BCUT2D eigenvalue weighted by Gasteiger charge is 2.27. The lowest BCUT2D eigenvalue weighted by Gasteiger charge is -2.27. The second-order valence-electron chi connectivity index (χ2n) is 11.3. The summed E-state index contributed by atoms with van der Waals surface area (Å²) in [6, 6.07) is -1.01. The predicted molar refractivity (Wildman–Crippen MR) is 263 cm³/mol. The van der Waals surface area contributed by atoms with Crippen molar-refractivity contribution in [3.8, 4) is 142 Å². The molecule has 5 N–H and O–H groups in total. The van der Waals surface area contributed by atoms with Crippen molar-refractivity contribution in [1.29, 1.82) is 0 Å². The van der Waals surface area contributed by atoms with Gasteiger partial charge in [0.05, 0.1) is 32.0 Å². The molecule has 7 heteroatoms. The number of hydrogen-bond donors (Lipinski definition) is 5. The monoisotopic (exact) mass is 770 g/mol. The fraction of sp³-hybridized carbons (Fsp3) is 0.468. The second kappa shape index (κ2) is 38.2. The summed E-state index contributed by atoms with van der Waals surface area (Å²) in [5.41, 5.74) is 0. The molecule has 0 aliphatic carbocycles. The number of carbonyl (C=O) groups is 1. The molecule has 7 nitrogen and oxygen atoms in total. The first-order valence-electron chi connectivity index (χ1n) is 17.9. The summed E-state index contributed by atoms with van der Waals surface area (Å²) in [7, 11) is 0. The number of amides is 1. The molecule has 4 atom stereocenters. The SMILES string of the molecule is CC#CC#CC#CC#CC#CC#CC#CC#CC#CC#CC#CC#CC(=O)N[C@@H](COCC(O)CO)[C@H](O)[C@H](O)CCCCCCCCCCCCCC.[HH].[HH].[HH].[HH].[HH].[HH].[HH].[HH].[HH].[HH].[HH].[HH].[HH].[HH].[HH].[HH].[HH].[HH].[HH].[HH].[HH].[HH].[HH].[HH]. The van der Waals surface area contributed by atoms with Gasteiger partial charge in [0, 0.05) is 75.7 Å². The van der Waals surface area contributed by atoms with Crippen molar-refractivity contribution in [2.75, 3.05) is 19.8 Å². The van der Waals surface area contributed by atoms with Gasteiger partial charge in [-0.15, -0.1) is 0 Å². The number of aliphatic hydroxyl groups excluding tert-OH is 4. The van der Waals surface area contributed by atoms with Crippen molar-refractivity contribution in [3.05, 3.63) is 0 Å². The van der Waals surface area contributed by atoms with Crippen molar-refractivity contribution in [1.82, 2.24) is 5.32 Å². The highest BCUT2D eigenvalue weighted by atomic mass is 16.5. The first-order chi connectivity index (χ1) is 26.5. The van der Waals surface area contributed by atoms with Crippen molar-refractivity contribution in [3.63, 3.8) is 0 Å². The van der Waals surface area contributed by atoms with E-state index >= 15 is 0 Å². The normalized spacial score (nSPS) is 10.4. The largest absolute Gasteiger partial charge is 0.394 e. The smallest absolute Gasteiger partial charge is 0.297 e. The van der Waals surface area contributed by atoms with Crippen LogP contribution in [-0.4, -0.2) is 70.5 Å². The number of aliphatic hydroxyl groups is 4. The van der Waals surface area contributed by atoms with Crippen LogP contribution in [0.15, 0.2) is 0 Å². The van der Waals surface area contributed by atoms with E-state index in [4.69, 9.17) is 9.84 Å². The summed E-state index contributed by atoms with van der Waals surface area (Å²) in [6.45, 7) is 2.97. The van der Waals surface area contributed by atoms with Gasteiger partial charge in [0.2, 0.25) is 0 Å². The topological polar surface area (TPSA) is 119 Å². The van der Waals surface area contributed by atoms with E-state index in [0.717, 1.165) is 25.7 Å². The van der Waals surface area contributed by atoms with Crippen molar-refractivity contribution in [2.24, 2.45) is 0 Å². The van der Waals surface area contributed by atoms with Crippen LogP contribution in [0, 0.1) is 142 Å². The van der Waals surface area contributed by atoms with Crippen LogP contribution in [-0.2, 0) is 9.53 Å². The van der Waals surface area contributed by atoms with Crippen molar-refractivity contribution >= 4 is 5.91 Å². The lowest BCUT2D eigenvalue weighted by atomic mass is 9.99. The van der Waals surface area contributed by atoms with E-state index in [2.05, 4.69) is 154 Å². The Morgan fingerprint density at radius 2 is 0.926 bits per heavy atom. The summed E-state index contributed by atoms with van der Waals surface area (Å²) in [5.74, 6) is 58.8. The summed E-state index contributed by atoms with van der Waals surface area (Å²) in [6.07, 6.45) is 11.0. The maximum Gasteiger partial charge on any atom is 0.297 e. The Hall–Kier alpha value is -6.01. The molecule has 54 heavy (non-hydrogen) atoms. The Labute approximate surface area is 359 Å². The Morgan fingerprint density at radius 3 is 1.31 bits per heavy atom. The zero-order valence-corrected chi connectivity index (χ0v) is 31.2. The average molecular weight is 770 g/mol. The molecule has 0 saturated carbocycles. The van der Waals surface area contributed by atoms with E-state index in [1.807, 2.05) is 0 Å². The van der Waals surface area contributed by atoms with E-state index in [1.165, 1.54) is 51.4 Å². The van der Waals surface area contributed by atoms with Gasteiger partial charge in [0.1, 0.15) is 12.2 Å². The Balaban J connectivity index is -0.0000000509. The first-order valence-corrected chi connectivity index (χ1v) is 17.9. The van der Waals surface area contributed by atoms with E-state index in [0.29, 0.717) is 6.42 Å². The van der Waals surface area contributed by atoms with Gasteiger partial charge in [0.25, 0.3) is 5.91 Å². The van der Waals surface area contributed by atoms with E-state index in [1.54, 1.807) is 6.92 Å². The predicted octanol–water partition coefficient (Wildman–Crippen LogP) is 8.62. The highest BCUT2D eigenvalue weighted by molar-refractivity contribution is 5.94. The van der Waals surface area contributed by atoms with Crippen LogP contribution in [0.25, 0.3) is 0 Å². The van der Waals surface area contributed by atoms with E-state index < -0.39 is 36.9 Å². The van der Waals surface area contributed by atoms with Gasteiger partial charge in [0.15, 0.2) is 0 Å². The number of ether oxygens (including phenoxy) is 1. The van der Waals surface area contributed by atoms with Crippen LogP contribution in [0.5, 0.6) is 0 Å². The van der Waals surface area contributed by atoms with Gasteiger partial charge in [-0.05, 0) is 108 Å². The molecule has 0 rings (SSSR count). The molecule has 0 aromatic rings. The molecule has 0 fully saturated rings. The summed E-state index contributed by atoms with van der Waals surface area (Å²) < 4.78 is 5.35. The van der Waals surface area contributed by atoms with Gasteiger partial charge in [-0.3, -0.25) is 4.79 Å². The standard InChI is InChI=1S/C47H47NO6.24H2/c1-3-5-7-9-11-13-15-17-18-19-20-21-22-23-24-25-26-27-29-31-33-35-37-39-46(52)48-44(42-54-41-43(50)40-49)47(53)45(51)38-36-34-32-30-28-16-14-12-10-8-6-4-2;;;;;;;;;;;;;;;;;;;;;;;;/h43-45,47,49-51,53H,4,6,8,10,12,14,16,28,30,32,34,36,38,40-42H2,1-2H3,(H,48,52);24*1H/t43?,44-,45+,47-;;;;;;;;;;;;;;;;;;;;;;;;/m0......................../s1. The third kappa shape index (κ3) is 33.2. The van der Waals surface area contributed by atoms with Crippen LogP contribution < -0.4 is 5.32 Å². The molecule has 0 bridgehead atoms. The Morgan fingerprint density at radius 1 is 0.556 bits per heavy atom. The fourth-order valence-electron chi connectivity index (χ4n) is 4.22. The number of carbonyl (C=O) groups excluding carboxylic acids is 1. The molecule has 0 saturated heterocycles. The molecule has 0 aliphatic rings. The number of nitrogens with one attached hydrogen (secondary N) is 1. The van der Waals surface area contributed by atoms with Crippen molar-refractivity contribution in [2.45, 2.75) is 122 Å². The van der Waals surface area contributed by atoms with Crippen LogP contribution in [0.4, 0.5) is 0 Å². The molecule has 324 valence electrons. The highest BCUT2D eigenvalue weighted by Crippen LogP contribution is 2.15. The first kappa shape index (κ1) is 48.0. The summed E-state index contributed by atoms with van der Waals surface area (Å²) >= 11 is 0. The van der Waals surface area contributed by atoms with Crippen LogP contribution in [0.2, 0.25) is 0 Å². The molecule has 0 aromatic heterocycles. The third-order valence-corrected chi connectivity index (χ3v) is 6.91. The number of unbranched alkanes of at least 4 members (excludes halogenated alkanes) is 11. The lowest BCUT2D eigenvalue weighted by molar-refractivity contribution is -0.119. The quantitative estimate of drug-likeness (QED) is 0.0590. The minimum absolute atomic E-state index is 0. The lowest BCUT2D eigenvalue weighted by Crippen LogP contribution is -2.51. The second-order valence-corrected chi connectivity index (χ2v) is 11.3. The summed E-state index contributed by atoms with van der Waals surface area (Å²) in [4.78, 5) is 12.4. The van der Waals surface area contributed by atoms with Gasteiger partial charge < -0.3 is 30.5 Å². The maximum absolute atomic E-state index is 12.4. The zero-order chi connectivity index (χ0) is 39.6. The molecule has 0 aromatic carbocycles. The fourth-order valence-corrected chi connectivity index (χ4v) is 4.22. The molecule has 0 heterocycles. The van der Waals surface area contributed by atoms with Gasteiger partial charge >= 0.3 is 0 Å².